The number of H-pyrrole nitrogens is 1. The molecule has 2 heterocycles. The van der Waals surface area contributed by atoms with Crippen molar-refractivity contribution in [3.8, 4) is 0 Å². The van der Waals surface area contributed by atoms with Crippen molar-refractivity contribution in [2.75, 3.05) is 13.2 Å². The number of fused-ring (bicyclic) bond motifs is 1. The van der Waals surface area contributed by atoms with Gasteiger partial charge >= 0.3 is 11.9 Å². The molecule has 0 unspecified atom stereocenters. The molecule has 1 aromatic heterocycles. The Kier molecular flexibility index (Phi) is 9.17. The summed E-state index contributed by atoms with van der Waals surface area (Å²) in [5, 5.41) is 11.1. The van der Waals surface area contributed by atoms with Gasteiger partial charge in [-0.05, 0) is 73.9 Å². The number of aromatic nitrogens is 1. The number of hydrogen-bond donors (Lipinski definition) is 2. The minimum atomic E-state index is -1.19. The Balaban J connectivity index is 1.53. The molecule has 0 radical (unpaired) electrons. The summed E-state index contributed by atoms with van der Waals surface area (Å²) in [4.78, 5) is 28.3. The summed E-state index contributed by atoms with van der Waals surface area (Å²) in [6.45, 7) is 10.4. The Hall–Kier alpha value is -2.60. The third kappa shape index (κ3) is 7.69. The highest BCUT2D eigenvalue weighted by Gasteiger charge is 2.44. The third-order valence-electron chi connectivity index (χ3n) is 6.61. The molecule has 1 saturated heterocycles. The van der Waals surface area contributed by atoms with Gasteiger partial charge in [-0.3, -0.25) is 4.79 Å². The van der Waals surface area contributed by atoms with Gasteiger partial charge in [0.2, 0.25) is 0 Å². The first kappa shape index (κ1) is 27.0. The van der Waals surface area contributed by atoms with Crippen LogP contribution >= 0.6 is 0 Å². The standard InChI is InChI=1S/C29H41NO5/c1-19(2)12-22(13-20(3)4)7-8-23-16-29(17-31,35-28(23)33)18-34-27(32)11-9-25-15-24-14-21(5)6-10-26(24)30-25/h6,8,10,14-15,19-20,22,30-31H,7,9,11-13,16-18H2,1-5H3/b23-8+/t29-/m1/s1. The number of carbonyl (C=O) groups is 2. The van der Waals surface area contributed by atoms with E-state index in [1.54, 1.807) is 0 Å². The van der Waals surface area contributed by atoms with Gasteiger partial charge in [-0.25, -0.2) is 4.79 Å². The van der Waals surface area contributed by atoms with Crippen LogP contribution in [0.1, 0.15) is 71.1 Å². The number of benzene rings is 1. The van der Waals surface area contributed by atoms with Gasteiger partial charge in [0.25, 0.3) is 0 Å². The summed E-state index contributed by atoms with van der Waals surface area (Å²) in [6.07, 6.45) is 5.98. The SMILES string of the molecule is Cc1ccc2[nH]c(CCC(=O)OC[C@]3(CO)C/C(=C\CC(CC(C)C)CC(C)C)C(=O)O3)cc2c1. The highest BCUT2D eigenvalue weighted by Crippen LogP contribution is 2.33. The van der Waals surface area contributed by atoms with Crippen molar-refractivity contribution in [3.63, 3.8) is 0 Å². The molecule has 0 amide bonds. The number of cyclic esters (lactones) is 1. The van der Waals surface area contributed by atoms with Gasteiger partial charge in [-0.15, -0.1) is 0 Å². The maximum Gasteiger partial charge on any atom is 0.334 e. The van der Waals surface area contributed by atoms with E-state index in [1.165, 1.54) is 5.56 Å². The zero-order chi connectivity index (χ0) is 25.6. The molecule has 192 valence electrons. The number of aromatic amines is 1. The van der Waals surface area contributed by atoms with Crippen LogP contribution in [0.2, 0.25) is 0 Å². The second-order valence-corrected chi connectivity index (χ2v) is 11.0. The van der Waals surface area contributed by atoms with Crippen LogP contribution in [-0.2, 0) is 25.5 Å². The molecular formula is C29H41NO5. The lowest BCUT2D eigenvalue weighted by Crippen LogP contribution is -2.39. The van der Waals surface area contributed by atoms with Crippen molar-refractivity contribution in [2.24, 2.45) is 17.8 Å². The molecule has 35 heavy (non-hydrogen) atoms. The molecule has 1 atom stereocenters. The molecule has 1 aromatic carbocycles. The molecule has 6 nitrogen and oxygen atoms in total. The number of allylic oxidation sites excluding steroid dienone is 1. The number of aryl methyl sites for hydroxylation is 2. The van der Waals surface area contributed by atoms with Crippen molar-refractivity contribution < 1.29 is 24.2 Å². The number of rotatable bonds is 12. The van der Waals surface area contributed by atoms with Gasteiger partial charge in [0.05, 0.1) is 13.0 Å². The fourth-order valence-electron chi connectivity index (χ4n) is 4.99. The first-order valence-corrected chi connectivity index (χ1v) is 12.9. The van der Waals surface area contributed by atoms with Gasteiger partial charge in [-0.2, -0.15) is 0 Å². The Labute approximate surface area is 209 Å². The Bertz CT molecular complexity index is 1040. The Morgan fingerprint density at radius 1 is 1.20 bits per heavy atom. The maximum atomic E-state index is 12.5. The Morgan fingerprint density at radius 2 is 1.91 bits per heavy atom. The Morgan fingerprint density at radius 3 is 2.57 bits per heavy atom. The molecule has 1 aliphatic rings. The van der Waals surface area contributed by atoms with Crippen LogP contribution in [0, 0.1) is 24.7 Å². The number of hydrogen-bond acceptors (Lipinski definition) is 5. The van der Waals surface area contributed by atoms with Gasteiger partial charge in [0.1, 0.15) is 6.61 Å². The molecule has 3 rings (SSSR count). The molecule has 0 saturated carbocycles. The number of carbonyl (C=O) groups excluding carboxylic acids is 2. The monoisotopic (exact) mass is 483 g/mol. The lowest BCUT2D eigenvalue weighted by molar-refractivity contribution is -0.166. The summed E-state index contributed by atoms with van der Waals surface area (Å²) in [5.41, 5.74) is 2.57. The summed E-state index contributed by atoms with van der Waals surface area (Å²) >= 11 is 0. The lowest BCUT2D eigenvalue weighted by atomic mass is 9.86. The minimum absolute atomic E-state index is 0.140. The van der Waals surface area contributed by atoms with Crippen LogP contribution < -0.4 is 0 Å². The van der Waals surface area contributed by atoms with E-state index in [-0.39, 0.29) is 32.0 Å². The number of aliphatic hydroxyl groups is 1. The van der Waals surface area contributed by atoms with Crippen LogP contribution in [0.15, 0.2) is 35.9 Å². The smallest absolute Gasteiger partial charge is 0.334 e. The van der Waals surface area contributed by atoms with Crippen LogP contribution in [-0.4, -0.2) is 40.8 Å². The van der Waals surface area contributed by atoms with E-state index in [2.05, 4.69) is 38.7 Å². The van der Waals surface area contributed by atoms with Gasteiger partial charge in [0, 0.05) is 23.2 Å². The average Bonchev–Trinajstić information content (AvgIpc) is 3.34. The fourth-order valence-corrected chi connectivity index (χ4v) is 4.99. The van der Waals surface area contributed by atoms with E-state index in [1.807, 2.05) is 31.2 Å². The van der Waals surface area contributed by atoms with Crippen molar-refractivity contribution in [2.45, 2.75) is 78.7 Å². The van der Waals surface area contributed by atoms with Crippen LogP contribution in [0.4, 0.5) is 0 Å². The number of esters is 2. The summed E-state index contributed by atoms with van der Waals surface area (Å²) in [5.74, 6) is 0.895. The lowest BCUT2D eigenvalue weighted by Gasteiger charge is -2.24. The van der Waals surface area contributed by atoms with Gasteiger partial charge in [0.15, 0.2) is 5.60 Å². The zero-order valence-electron chi connectivity index (χ0n) is 21.9. The molecular weight excluding hydrogens is 442 g/mol. The van der Waals surface area contributed by atoms with E-state index in [0.717, 1.165) is 35.9 Å². The zero-order valence-corrected chi connectivity index (χ0v) is 21.9. The first-order valence-electron chi connectivity index (χ1n) is 12.9. The maximum absolute atomic E-state index is 12.5. The quantitative estimate of drug-likeness (QED) is 0.301. The predicted molar refractivity (Wildman–Crippen MR) is 138 cm³/mol. The topological polar surface area (TPSA) is 88.6 Å². The van der Waals surface area contributed by atoms with E-state index in [4.69, 9.17) is 9.47 Å². The number of aliphatic hydroxyl groups excluding tert-OH is 1. The fraction of sp³-hybridized carbons (Fsp3) is 0.586. The van der Waals surface area contributed by atoms with Crippen LogP contribution in [0.25, 0.3) is 10.9 Å². The van der Waals surface area contributed by atoms with E-state index in [0.29, 0.717) is 29.7 Å². The largest absolute Gasteiger partial charge is 0.461 e. The van der Waals surface area contributed by atoms with Gasteiger partial charge < -0.3 is 19.6 Å². The van der Waals surface area contributed by atoms with E-state index in [9.17, 15) is 14.7 Å². The minimum Gasteiger partial charge on any atom is -0.461 e. The van der Waals surface area contributed by atoms with Crippen LogP contribution in [0.5, 0.6) is 0 Å². The third-order valence-corrected chi connectivity index (χ3v) is 6.61. The molecule has 0 spiro atoms. The summed E-state index contributed by atoms with van der Waals surface area (Å²) in [6, 6.07) is 8.23. The molecule has 1 aliphatic heterocycles. The molecule has 2 N–H and O–H groups in total. The second kappa shape index (κ2) is 11.9. The first-order chi connectivity index (χ1) is 16.6. The van der Waals surface area contributed by atoms with Crippen molar-refractivity contribution in [3.05, 3.63) is 47.2 Å². The summed E-state index contributed by atoms with van der Waals surface area (Å²) < 4.78 is 11.0. The van der Waals surface area contributed by atoms with E-state index >= 15 is 0 Å². The van der Waals surface area contributed by atoms with E-state index < -0.39 is 11.6 Å². The molecule has 0 aliphatic carbocycles. The van der Waals surface area contributed by atoms with Crippen molar-refractivity contribution in [1.29, 1.82) is 0 Å². The molecule has 0 bridgehead atoms. The highest BCUT2D eigenvalue weighted by atomic mass is 16.6. The highest BCUT2D eigenvalue weighted by molar-refractivity contribution is 5.91. The molecule has 2 aromatic rings. The second-order valence-electron chi connectivity index (χ2n) is 11.0. The van der Waals surface area contributed by atoms with Gasteiger partial charge in [-0.1, -0.05) is 45.4 Å². The van der Waals surface area contributed by atoms with Crippen molar-refractivity contribution in [1.82, 2.24) is 4.98 Å². The number of ether oxygens (including phenoxy) is 2. The molecule has 6 heteroatoms. The normalized spacial score (nSPS) is 19.5. The average molecular weight is 484 g/mol. The number of nitrogens with one attached hydrogen (secondary N) is 1. The van der Waals surface area contributed by atoms with Crippen LogP contribution in [0.3, 0.4) is 0 Å². The molecule has 1 fully saturated rings. The summed E-state index contributed by atoms with van der Waals surface area (Å²) in [7, 11) is 0. The predicted octanol–water partition coefficient (Wildman–Crippen LogP) is 5.66. The van der Waals surface area contributed by atoms with Crippen molar-refractivity contribution >= 4 is 22.8 Å².